The Hall–Kier alpha value is -1.84. The Morgan fingerprint density at radius 3 is 2.89 bits per heavy atom. The van der Waals surface area contributed by atoms with Gasteiger partial charge in [0.05, 0.1) is 18.7 Å². The molecule has 1 amide bonds. The Balaban J connectivity index is 2.04. The number of ether oxygens (including phenoxy) is 1. The van der Waals surface area contributed by atoms with Crippen LogP contribution < -0.4 is 9.64 Å². The number of fused-ring (bicyclic) bond motifs is 1. The van der Waals surface area contributed by atoms with Gasteiger partial charge in [0.25, 0.3) is 0 Å². The van der Waals surface area contributed by atoms with Gasteiger partial charge < -0.3 is 14.4 Å². The highest BCUT2D eigenvalue weighted by molar-refractivity contribution is 5.95. The Labute approximate surface area is 113 Å². The minimum Gasteiger partial charge on any atom is -0.491 e. The van der Waals surface area contributed by atoms with Crippen LogP contribution >= 0.6 is 0 Å². The number of carbonyl (C=O) groups is 2. The van der Waals surface area contributed by atoms with Gasteiger partial charge >= 0.3 is 0 Å². The smallest absolute Gasteiger partial charge is 0.230 e. The Bertz CT molecular complexity index is 470. The summed E-state index contributed by atoms with van der Waals surface area (Å²) in [7, 11) is 0. The van der Waals surface area contributed by atoms with Crippen LogP contribution in [0.25, 0.3) is 0 Å². The van der Waals surface area contributed by atoms with Crippen molar-refractivity contribution in [2.75, 3.05) is 18.1 Å². The van der Waals surface area contributed by atoms with Gasteiger partial charge in [-0.05, 0) is 31.9 Å². The van der Waals surface area contributed by atoms with Gasteiger partial charge in [-0.2, -0.15) is 0 Å². The Morgan fingerprint density at radius 1 is 1.32 bits per heavy atom. The van der Waals surface area contributed by atoms with E-state index in [-0.39, 0.29) is 11.7 Å². The normalized spacial score (nSPS) is 14.6. The summed E-state index contributed by atoms with van der Waals surface area (Å²) in [6.45, 7) is 2.67. The number of anilines is 1. The van der Waals surface area contributed by atoms with Crippen molar-refractivity contribution in [2.45, 2.75) is 32.6 Å². The van der Waals surface area contributed by atoms with Crippen molar-refractivity contribution in [3.05, 3.63) is 24.3 Å². The summed E-state index contributed by atoms with van der Waals surface area (Å²) in [5.41, 5.74) is 0.841. The van der Waals surface area contributed by atoms with Gasteiger partial charge in [-0.25, -0.2) is 0 Å². The predicted molar refractivity (Wildman–Crippen MR) is 73.4 cm³/mol. The predicted octanol–water partition coefficient (Wildman–Crippen LogP) is 2.56. The fraction of sp³-hybridized carbons (Fsp3) is 0.467. The highest BCUT2D eigenvalue weighted by atomic mass is 16.5. The number of rotatable bonds is 5. The summed E-state index contributed by atoms with van der Waals surface area (Å²) in [4.78, 5) is 24.8. The van der Waals surface area contributed by atoms with Gasteiger partial charge in [0.15, 0.2) is 0 Å². The van der Waals surface area contributed by atoms with Crippen molar-refractivity contribution in [2.24, 2.45) is 0 Å². The molecule has 102 valence electrons. The van der Waals surface area contributed by atoms with Crippen LogP contribution in [-0.2, 0) is 9.59 Å². The van der Waals surface area contributed by atoms with Crippen molar-refractivity contribution in [1.29, 1.82) is 0 Å². The van der Waals surface area contributed by atoms with E-state index in [1.807, 2.05) is 24.3 Å². The van der Waals surface area contributed by atoms with Crippen LogP contribution in [0, 0.1) is 0 Å². The molecule has 1 aliphatic rings. The first-order valence-corrected chi connectivity index (χ1v) is 6.70. The van der Waals surface area contributed by atoms with Crippen LogP contribution in [0.15, 0.2) is 24.3 Å². The monoisotopic (exact) mass is 261 g/mol. The fourth-order valence-electron chi connectivity index (χ4n) is 2.21. The quantitative estimate of drug-likeness (QED) is 0.765. The van der Waals surface area contributed by atoms with Crippen molar-refractivity contribution < 1.29 is 14.3 Å². The second-order valence-corrected chi connectivity index (χ2v) is 4.77. The molecule has 0 saturated heterocycles. The highest BCUT2D eigenvalue weighted by Gasteiger charge is 2.22. The molecule has 0 radical (unpaired) electrons. The van der Waals surface area contributed by atoms with Gasteiger partial charge in [0, 0.05) is 13.0 Å². The Kier molecular flexibility index (Phi) is 4.55. The standard InChI is InChI=1S/C15H19NO3/c1-12(17)6-4-5-10-16-13-7-2-3-8-14(13)19-11-9-15(16)18/h2-3,7-8H,4-6,9-11H2,1H3. The van der Waals surface area contributed by atoms with E-state index in [1.54, 1.807) is 11.8 Å². The summed E-state index contributed by atoms with van der Waals surface area (Å²) in [5, 5.41) is 0. The number of hydrogen-bond acceptors (Lipinski definition) is 3. The molecule has 1 aromatic rings. The second-order valence-electron chi connectivity index (χ2n) is 4.77. The minimum absolute atomic E-state index is 0.0905. The van der Waals surface area contributed by atoms with E-state index >= 15 is 0 Å². The zero-order chi connectivity index (χ0) is 13.7. The van der Waals surface area contributed by atoms with Crippen molar-refractivity contribution in [1.82, 2.24) is 0 Å². The summed E-state index contributed by atoms with van der Waals surface area (Å²) in [6, 6.07) is 7.60. The number of nitrogens with zero attached hydrogens (tertiary/aromatic N) is 1. The average Bonchev–Trinajstić information content (AvgIpc) is 2.54. The van der Waals surface area contributed by atoms with Crippen LogP contribution in [0.4, 0.5) is 5.69 Å². The van der Waals surface area contributed by atoms with Gasteiger partial charge in [-0.1, -0.05) is 12.1 Å². The molecule has 0 saturated carbocycles. The maximum Gasteiger partial charge on any atom is 0.230 e. The number of Topliss-reactive ketones (excluding diaryl/α,β-unsaturated/α-hetero) is 1. The number of hydrogen-bond donors (Lipinski definition) is 0. The minimum atomic E-state index is 0.0905. The third-order valence-electron chi connectivity index (χ3n) is 3.19. The SMILES string of the molecule is CC(=O)CCCCN1C(=O)CCOc2ccccc21. The highest BCUT2D eigenvalue weighted by Crippen LogP contribution is 2.31. The van der Waals surface area contributed by atoms with E-state index in [4.69, 9.17) is 4.74 Å². The topological polar surface area (TPSA) is 46.6 Å². The number of amides is 1. The van der Waals surface area contributed by atoms with E-state index in [1.165, 1.54) is 0 Å². The average molecular weight is 261 g/mol. The molecule has 4 heteroatoms. The van der Waals surface area contributed by atoms with Crippen LogP contribution in [0.1, 0.15) is 32.6 Å². The molecule has 0 fully saturated rings. The van der Waals surface area contributed by atoms with E-state index in [0.717, 1.165) is 24.3 Å². The van der Waals surface area contributed by atoms with E-state index in [0.29, 0.717) is 26.0 Å². The van der Waals surface area contributed by atoms with E-state index < -0.39 is 0 Å². The number of ketones is 1. The van der Waals surface area contributed by atoms with Gasteiger partial charge in [0.2, 0.25) is 5.91 Å². The first kappa shape index (κ1) is 13.6. The maximum absolute atomic E-state index is 12.1. The van der Waals surface area contributed by atoms with E-state index in [2.05, 4.69) is 0 Å². The summed E-state index contributed by atoms with van der Waals surface area (Å²) in [5.74, 6) is 1.05. The molecule has 4 nitrogen and oxygen atoms in total. The molecule has 0 atom stereocenters. The molecule has 2 rings (SSSR count). The molecule has 1 aromatic carbocycles. The number of unbranched alkanes of at least 4 members (excludes halogenated alkanes) is 1. The van der Waals surface area contributed by atoms with Crippen molar-refractivity contribution in [3.8, 4) is 5.75 Å². The van der Waals surface area contributed by atoms with Crippen molar-refractivity contribution in [3.63, 3.8) is 0 Å². The van der Waals surface area contributed by atoms with Crippen LogP contribution in [0.5, 0.6) is 5.75 Å². The first-order valence-electron chi connectivity index (χ1n) is 6.70. The van der Waals surface area contributed by atoms with Gasteiger partial charge in [0.1, 0.15) is 11.5 Å². The zero-order valence-electron chi connectivity index (χ0n) is 11.2. The van der Waals surface area contributed by atoms with Crippen LogP contribution in [0.2, 0.25) is 0 Å². The van der Waals surface area contributed by atoms with Gasteiger partial charge in [-0.3, -0.25) is 4.79 Å². The molecular weight excluding hydrogens is 242 g/mol. The lowest BCUT2D eigenvalue weighted by molar-refractivity contribution is -0.118. The molecule has 1 aliphatic heterocycles. The molecular formula is C15H19NO3. The number of benzene rings is 1. The first-order chi connectivity index (χ1) is 9.18. The molecule has 0 aliphatic carbocycles. The lowest BCUT2D eigenvalue weighted by Crippen LogP contribution is -2.31. The molecule has 0 N–H and O–H groups in total. The zero-order valence-corrected chi connectivity index (χ0v) is 11.2. The summed E-state index contributed by atoms with van der Waals surface area (Å²) < 4.78 is 5.58. The molecule has 0 spiro atoms. The molecule has 0 aromatic heterocycles. The largest absolute Gasteiger partial charge is 0.491 e. The third-order valence-corrected chi connectivity index (χ3v) is 3.19. The summed E-state index contributed by atoms with van der Waals surface area (Å²) >= 11 is 0. The number of carbonyl (C=O) groups excluding carboxylic acids is 2. The van der Waals surface area contributed by atoms with E-state index in [9.17, 15) is 9.59 Å². The molecule has 19 heavy (non-hydrogen) atoms. The third kappa shape index (κ3) is 3.56. The number of para-hydroxylation sites is 2. The lowest BCUT2D eigenvalue weighted by atomic mass is 10.1. The van der Waals surface area contributed by atoms with Gasteiger partial charge in [-0.15, -0.1) is 0 Å². The fourth-order valence-corrected chi connectivity index (χ4v) is 2.21. The molecule has 0 bridgehead atoms. The lowest BCUT2D eigenvalue weighted by Gasteiger charge is -2.21. The van der Waals surface area contributed by atoms with Crippen LogP contribution in [-0.4, -0.2) is 24.8 Å². The maximum atomic E-state index is 12.1. The van der Waals surface area contributed by atoms with Crippen LogP contribution in [0.3, 0.4) is 0 Å². The summed E-state index contributed by atoms with van der Waals surface area (Å²) in [6.07, 6.45) is 2.64. The molecule has 1 heterocycles. The van der Waals surface area contributed by atoms with Crippen molar-refractivity contribution >= 4 is 17.4 Å². The Morgan fingerprint density at radius 2 is 2.11 bits per heavy atom. The second kappa shape index (κ2) is 6.36. The molecule has 0 unspecified atom stereocenters.